The third-order valence-electron chi connectivity index (χ3n) is 3.00. The van der Waals surface area contributed by atoms with Crippen molar-refractivity contribution >= 4 is 43.5 Å². The number of hydrogen-bond acceptors (Lipinski definition) is 3. The van der Waals surface area contributed by atoms with Gasteiger partial charge in [0.2, 0.25) is 0 Å². The molecule has 1 heterocycles. The Morgan fingerprint density at radius 2 is 2.10 bits per heavy atom. The first-order valence-electron chi connectivity index (χ1n) is 6.10. The summed E-state index contributed by atoms with van der Waals surface area (Å²) in [6.07, 6.45) is 0. The predicted octanol–water partition coefficient (Wildman–Crippen LogP) is 3.35. The Hall–Kier alpha value is -1.73. The summed E-state index contributed by atoms with van der Waals surface area (Å²) >= 11 is 3.27. The van der Waals surface area contributed by atoms with Gasteiger partial charge in [0.05, 0.1) is 27.6 Å². The predicted molar refractivity (Wildman–Crippen MR) is 84.7 cm³/mol. The van der Waals surface area contributed by atoms with E-state index in [-0.39, 0.29) is 11.6 Å². The Labute approximate surface area is 131 Å². The second-order valence-electron chi connectivity index (χ2n) is 4.54. The number of H-pyrrole nitrogens is 1. The average Bonchev–Trinajstić information content (AvgIpc) is 2.85. The van der Waals surface area contributed by atoms with Gasteiger partial charge in [-0.2, -0.15) is 0 Å². The summed E-state index contributed by atoms with van der Waals surface area (Å²) in [5, 5.41) is 0.381. The van der Waals surface area contributed by atoms with Crippen molar-refractivity contribution in [3.8, 4) is 0 Å². The summed E-state index contributed by atoms with van der Waals surface area (Å²) < 4.78 is 26.0. The molecule has 1 aromatic heterocycles. The molecule has 1 unspecified atom stereocenters. The zero-order valence-electron chi connectivity index (χ0n) is 10.8. The first-order chi connectivity index (χ1) is 10.0. The van der Waals surface area contributed by atoms with E-state index in [4.69, 9.17) is 5.73 Å². The van der Waals surface area contributed by atoms with Gasteiger partial charge in [-0.15, -0.1) is 0 Å². The lowest BCUT2D eigenvalue weighted by atomic mass is 10.2. The van der Waals surface area contributed by atoms with E-state index in [1.165, 1.54) is 12.1 Å². The molecule has 3 aromatic rings. The molecule has 0 spiro atoms. The number of hydrogen-bond donors (Lipinski definition) is 2. The van der Waals surface area contributed by atoms with E-state index in [1.807, 2.05) is 0 Å². The number of halogens is 2. The minimum atomic E-state index is -1.35. The van der Waals surface area contributed by atoms with E-state index in [9.17, 15) is 8.60 Å². The van der Waals surface area contributed by atoms with Crippen LogP contribution >= 0.6 is 15.9 Å². The molecule has 21 heavy (non-hydrogen) atoms. The first kappa shape index (κ1) is 14.2. The van der Waals surface area contributed by atoms with Crippen LogP contribution in [0.15, 0.2) is 46.0 Å². The Bertz CT molecular complexity index is 849. The third kappa shape index (κ3) is 2.98. The van der Waals surface area contributed by atoms with Crippen molar-refractivity contribution in [2.75, 3.05) is 5.73 Å². The van der Waals surface area contributed by atoms with Crippen LogP contribution in [0.4, 0.5) is 10.1 Å². The third-order valence-corrected chi connectivity index (χ3v) is 4.94. The second-order valence-corrected chi connectivity index (χ2v) is 6.76. The maximum absolute atomic E-state index is 13.0. The van der Waals surface area contributed by atoms with Crippen LogP contribution in [0.1, 0.15) is 5.56 Å². The van der Waals surface area contributed by atoms with E-state index >= 15 is 0 Å². The number of benzene rings is 2. The molecule has 1 atom stereocenters. The number of nitrogens with one attached hydrogen (secondary N) is 1. The van der Waals surface area contributed by atoms with Crippen LogP contribution in [0.2, 0.25) is 0 Å². The molecular weight excluding hydrogens is 357 g/mol. The van der Waals surface area contributed by atoms with Gasteiger partial charge in [-0.05, 0) is 35.9 Å². The van der Waals surface area contributed by atoms with E-state index in [0.717, 1.165) is 11.1 Å². The van der Waals surface area contributed by atoms with Crippen LogP contribution in [-0.2, 0) is 16.6 Å². The van der Waals surface area contributed by atoms with Gasteiger partial charge < -0.3 is 10.7 Å². The number of nitrogens with zero attached hydrogens (tertiary/aromatic N) is 1. The maximum atomic E-state index is 13.0. The molecule has 0 saturated carbocycles. The standard InChI is InChI=1S/C14H11BrFN3OS/c15-11-5-9(16)2-1-8(11)7-21(20)14-18-12-4-3-10(17)6-13(12)19-14/h1-6H,7,17H2,(H,18,19). The van der Waals surface area contributed by atoms with Crippen LogP contribution in [-0.4, -0.2) is 14.2 Å². The number of anilines is 1. The lowest BCUT2D eigenvalue weighted by Crippen LogP contribution is -1.99. The number of aromatic nitrogens is 2. The highest BCUT2D eigenvalue weighted by Crippen LogP contribution is 2.22. The van der Waals surface area contributed by atoms with Gasteiger partial charge in [0.15, 0.2) is 5.16 Å². The van der Waals surface area contributed by atoms with Gasteiger partial charge >= 0.3 is 0 Å². The summed E-state index contributed by atoms with van der Waals surface area (Å²) in [6, 6.07) is 9.57. The number of rotatable bonds is 3. The smallest absolute Gasteiger partial charge is 0.197 e. The monoisotopic (exact) mass is 367 g/mol. The molecule has 0 saturated heterocycles. The average molecular weight is 368 g/mol. The minimum Gasteiger partial charge on any atom is -0.399 e. The summed E-state index contributed by atoms with van der Waals surface area (Å²) in [5.74, 6) is -0.0912. The van der Waals surface area contributed by atoms with Crippen molar-refractivity contribution < 1.29 is 8.60 Å². The van der Waals surface area contributed by atoms with E-state index in [2.05, 4.69) is 25.9 Å². The van der Waals surface area contributed by atoms with E-state index < -0.39 is 10.8 Å². The van der Waals surface area contributed by atoms with E-state index in [0.29, 0.717) is 20.8 Å². The Balaban J connectivity index is 1.89. The SMILES string of the molecule is Nc1ccc2nc(S(=O)Cc3ccc(F)cc3Br)[nH]c2c1. The highest BCUT2D eigenvalue weighted by molar-refractivity contribution is 9.10. The highest BCUT2D eigenvalue weighted by atomic mass is 79.9. The molecule has 0 bridgehead atoms. The summed E-state index contributed by atoms with van der Waals surface area (Å²) in [7, 11) is -1.35. The lowest BCUT2D eigenvalue weighted by Gasteiger charge is -2.03. The number of nitrogens with two attached hydrogens (primary N) is 1. The lowest BCUT2D eigenvalue weighted by molar-refractivity contribution is 0.626. The van der Waals surface area contributed by atoms with Crippen molar-refractivity contribution in [1.82, 2.24) is 9.97 Å². The molecule has 108 valence electrons. The fourth-order valence-electron chi connectivity index (χ4n) is 1.96. The van der Waals surface area contributed by atoms with Crippen molar-refractivity contribution in [3.05, 3.63) is 52.3 Å². The van der Waals surface area contributed by atoms with Gasteiger partial charge in [-0.3, -0.25) is 4.21 Å². The topological polar surface area (TPSA) is 71.8 Å². The molecule has 3 rings (SSSR count). The summed E-state index contributed by atoms with van der Waals surface area (Å²) in [6.45, 7) is 0. The molecular formula is C14H11BrFN3OS. The fraction of sp³-hybridized carbons (Fsp3) is 0.0714. The van der Waals surface area contributed by atoms with Gasteiger partial charge in [0.1, 0.15) is 5.82 Å². The van der Waals surface area contributed by atoms with Crippen LogP contribution in [0, 0.1) is 5.82 Å². The number of imidazole rings is 1. The Morgan fingerprint density at radius 3 is 2.86 bits per heavy atom. The molecule has 0 amide bonds. The quantitative estimate of drug-likeness (QED) is 0.697. The minimum absolute atomic E-state index is 0.246. The van der Waals surface area contributed by atoms with Gasteiger partial charge in [-0.25, -0.2) is 9.37 Å². The first-order valence-corrected chi connectivity index (χ1v) is 8.21. The van der Waals surface area contributed by atoms with Gasteiger partial charge in [0.25, 0.3) is 0 Å². The molecule has 2 aromatic carbocycles. The molecule has 0 fully saturated rings. The highest BCUT2D eigenvalue weighted by Gasteiger charge is 2.13. The normalized spacial score (nSPS) is 12.7. The maximum Gasteiger partial charge on any atom is 0.197 e. The molecule has 4 nitrogen and oxygen atoms in total. The van der Waals surface area contributed by atoms with Crippen molar-refractivity contribution in [3.63, 3.8) is 0 Å². The zero-order chi connectivity index (χ0) is 15.0. The second kappa shape index (κ2) is 5.57. The van der Waals surface area contributed by atoms with Crippen molar-refractivity contribution in [1.29, 1.82) is 0 Å². The summed E-state index contributed by atoms with van der Waals surface area (Å²) in [4.78, 5) is 7.30. The van der Waals surface area contributed by atoms with Crippen LogP contribution < -0.4 is 5.73 Å². The zero-order valence-corrected chi connectivity index (χ0v) is 13.2. The number of aromatic amines is 1. The van der Waals surface area contributed by atoms with Crippen LogP contribution in [0.3, 0.4) is 0 Å². The number of fused-ring (bicyclic) bond motifs is 1. The van der Waals surface area contributed by atoms with E-state index in [1.54, 1.807) is 24.3 Å². The number of nitrogen functional groups attached to an aromatic ring is 1. The van der Waals surface area contributed by atoms with Crippen LogP contribution in [0.5, 0.6) is 0 Å². The van der Waals surface area contributed by atoms with Gasteiger partial charge in [0, 0.05) is 10.2 Å². The molecule has 0 aliphatic rings. The molecule has 0 aliphatic carbocycles. The fourth-order valence-corrected chi connectivity index (χ4v) is 3.73. The largest absolute Gasteiger partial charge is 0.399 e. The molecule has 0 radical (unpaired) electrons. The molecule has 0 aliphatic heterocycles. The van der Waals surface area contributed by atoms with Crippen LogP contribution in [0.25, 0.3) is 11.0 Å². The van der Waals surface area contributed by atoms with Gasteiger partial charge in [-0.1, -0.05) is 22.0 Å². The Kier molecular flexibility index (Phi) is 3.77. The summed E-state index contributed by atoms with van der Waals surface area (Å²) in [5.41, 5.74) is 8.54. The van der Waals surface area contributed by atoms with Crippen molar-refractivity contribution in [2.24, 2.45) is 0 Å². The van der Waals surface area contributed by atoms with Crippen molar-refractivity contribution in [2.45, 2.75) is 10.9 Å². The molecule has 3 N–H and O–H groups in total. The Morgan fingerprint density at radius 1 is 1.29 bits per heavy atom. The molecule has 7 heteroatoms.